The molecule has 0 aliphatic heterocycles. The third-order valence-corrected chi connectivity index (χ3v) is 2.84. The standard InChI is InChI=1S/C16H24O3/c1-4-7-9-13-10-8-11-14(16(17)18-6-3)15(13)19-12-5-2/h8,10-11H,4-7,9,12H2,1-3H3. The summed E-state index contributed by atoms with van der Waals surface area (Å²) in [6, 6.07) is 5.71. The maximum absolute atomic E-state index is 12.0. The highest BCUT2D eigenvalue weighted by molar-refractivity contribution is 5.93. The number of esters is 1. The molecular weight excluding hydrogens is 240 g/mol. The van der Waals surface area contributed by atoms with E-state index in [1.165, 1.54) is 0 Å². The smallest absolute Gasteiger partial charge is 0.341 e. The molecule has 3 nitrogen and oxygen atoms in total. The van der Waals surface area contributed by atoms with Gasteiger partial charge in [0.15, 0.2) is 0 Å². The van der Waals surface area contributed by atoms with E-state index in [-0.39, 0.29) is 5.97 Å². The van der Waals surface area contributed by atoms with E-state index >= 15 is 0 Å². The molecule has 19 heavy (non-hydrogen) atoms. The molecule has 0 aliphatic rings. The second-order valence-electron chi connectivity index (χ2n) is 4.47. The van der Waals surface area contributed by atoms with Crippen LogP contribution in [0.5, 0.6) is 5.75 Å². The van der Waals surface area contributed by atoms with E-state index in [0.29, 0.717) is 24.5 Å². The van der Waals surface area contributed by atoms with Gasteiger partial charge in [-0.3, -0.25) is 0 Å². The minimum absolute atomic E-state index is 0.299. The first-order chi connectivity index (χ1) is 9.24. The molecule has 0 bridgehead atoms. The summed E-state index contributed by atoms with van der Waals surface area (Å²) in [6.45, 7) is 7.02. The number of aryl methyl sites for hydroxylation is 1. The Morgan fingerprint density at radius 1 is 1.16 bits per heavy atom. The van der Waals surface area contributed by atoms with Crippen molar-refractivity contribution in [3.8, 4) is 5.75 Å². The van der Waals surface area contributed by atoms with Gasteiger partial charge in [0.1, 0.15) is 11.3 Å². The van der Waals surface area contributed by atoms with Crippen molar-refractivity contribution in [3.05, 3.63) is 29.3 Å². The van der Waals surface area contributed by atoms with Crippen molar-refractivity contribution in [2.75, 3.05) is 13.2 Å². The van der Waals surface area contributed by atoms with Crippen molar-refractivity contribution in [1.82, 2.24) is 0 Å². The van der Waals surface area contributed by atoms with Crippen LogP contribution in [0.15, 0.2) is 18.2 Å². The fourth-order valence-electron chi connectivity index (χ4n) is 1.89. The predicted molar refractivity (Wildman–Crippen MR) is 76.8 cm³/mol. The summed E-state index contributed by atoms with van der Waals surface area (Å²) < 4.78 is 10.9. The minimum Gasteiger partial charge on any atom is -0.492 e. The highest BCUT2D eigenvalue weighted by atomic mass is 16.5. The zero-order valence-electron chi connectivity index (χ0n) is 12.2. The maximum atomic E-state index is 12.0. The molecule has 0 aliphatic carbocycles. The predicted octanol–water partition coefficient (Wildman–Crippen LogP) is 3.99. The van der Waals surface area contributed by atoms with Crippen LogP contribution in [0.25, 0.3) is 0 Å². The fraction of sp³-hybridized carbons (Fsp3) is 0.562. The molecule has 0 N–H and O–H groups in total. The summed E-state index contributed by atoms with van der Waals surface area (Å²) in [5.74, 6) is 0.406. The molecule has 1 rings (SSSR count). The van der Waals surface area contributed by atoms with Crippen molar-refractivity contribution in [2.45, 2.75) is 46.5 Å². The van der Waals surface area contributed by atoms with E-state index in [1.54, 1.807) is 6.07 Å². The SMILES string of the molecule is CCCCc1cccc(C(=O)OCC)c1OCCC. The Kier molecular flexibility index (Phi) is 7.01. The molecule has 0 aromatic heterocycles. The van der Waals surface area contributed by atoms with Crippen LogP contribution in [0, 0.1) is 0 Å². The number of carbonyl (C=O) groups is 1. The number of rotatable bonds is 8. The molecule has 0 saturated heterocycles. The Labute approximate surface area is 115 Å². The second-order valence-corrected chi connectivity index (χ2v) is 4.47. The lowest BCUT2D eigenvalue weighted by Crippen LogP contribution is -2.10. The topological polar surface area (TPSA) is 35.5 Å². The average molecular weight is 264 g/mol. The number of benzene rings is 1. The van der Waals surface area contributed by atoms with Gasteiger partial charge in [-0.25, -0.2) is 4.79 Å². The highest BCUT2D eigenvalue weighted by Gasteiger charge is 2.16. The van der Waals surface area contributed by atoms with Gasteiger partial charge in [-0.15, -0.1) is 0 Å². The Morgan fingerprint density at radius 3 is 2.58 bits per heavy atom. The van der Waals surface area contributed by atoms with Crippen LogP contribution in [-0.4, -0.2) is 19.2 Å². The highest BCUT2D eigenvalue weighted by Crippen LogP contribution is 2.26. The summed E-state index contributed by atoms with van der Waals surface area (Å²) in [5, 5.41) is 0. The van der Waals surface area contributed by atoms with Gasteiger partial charge in [0, 0.05) is 0 Å². The van der Waals surface area contributed by atoms with Crippen molar-refractivity contribution in [2.24, 2.45) is 0 Å². The summed E-state index contributed by atoms with van der Waals surface area (Å²) in [5.41, 5.74) is 1.64. The quantitative estimate of drug-likeness (QED) is 0.666. The van der Waals surface area contributed by atoms with E-state index < -0.39 is 0 Å². The van der Waals surface area contributed by atoms with E-state index in [2.05, 4.69) is 13.8 Å². The van der Waals surface area contributed by atoms with Crippen LogP contribution >= 0.6 is 0 Å². The maximum Gasteiger partial charge on any atom is 0.341 e. The van der Waals surface area contributed by atoms with Crippen LogP contribution in [0.4, 0.5) is 0 Å². The molecule has 106 valence electrons. The van der Waals surface area contributed by atoms with Gasteiger partial charge in [0.2, 0.25) is 0 Å². The van der Waals surface area contributed by atoms with Crippen LogP contribution in [0.3, 0.4) is 0 Å². The van der Waals surface area contributed by atoms with Crippen LogP contribution in [-0.2, 0) is 11.2 Å². The van der Waals surface area contributed by atoms with Crippen molar-refractivity contribution < 1.29 is 14.3 Å². The van der Waals surface area contributed by atoms with Gasteiger partial charge in [0.05, 0.1) is 13.2 Å². The fourth-order valence-corrected chi connectivity index (χ4v) is 1.89. The molecular formula is C16H24O3. The molecule has 0 radical (unpaired) electrons. The molecule has 1 aromatic carbocycles. The molecule has 1 aromatic rings. The summed E-state index contributed by atoms with van der Waals surface area (Å²) in [4.78, 5) is 12.0. The average Bonchev–Trinajstić information content (AvgIpc) is 2.43. The van der Waals surface area contributed by atoms with Gasteiger partial charge >= 0.3 is 5.97 Å². The number of para-hydroxylation sites is 1. The van der Waals surface area contributed by atoms with E-state index in [9.17, 15) is 4.79 Å². The van der Waals surface area contributed by atoms with Crippen molar-refractivity contribution in [1.29, 1.82) is 0 Å². The number of hydrogen-bond acceptors (Lipinski definition) is 3. The largest absolute Gasteiger partial charge is 0.492 e. The minimum atomic E-state index is -0.299. The van der Waals surface area contributed by atoms with E-state index in [0.717, 1.165) is 31.2 Å². The number of hydrogen-bond donors (Lipinski definition) is 0. The Balaban J connectivity index is 3.02. The number of unbranched alkanes of at least 4 members (excludes halogenated alkanes) is 1. The van der Waals surface area contributed by atoms with E-state index in [1.807, 2.05) is 19.1 Å². The summed E-state index contributed by atoms with van der Waals surface area (Å²) in [6.07, 6.45) is 4.07. The lowest BCUT2D eigenvalue weighted by Gasteiger charge is -2.14. The van der Waals surface area contributed by atoms with Gasteiger partial charge in [-0.2, -0.15) is 0 Å². The normalized spacial score (nSPS) is 10.3. The Hall–Kier alpha value is -1.51. The number of carbonyl (C=O) groups excluding carboxylic acids is 1. The monoisotopic (exact) mass is 264 g/mol. The lowest BCUT2D eigenvalue weighted by molar-refractivity contribution is 0.0521. The molecule has 3 heteroatoms. The molecule has 0 amide bonds. The molecule has 0 unspecified atom stereocenters. The third-order valence-electron chi connectivity index (χ3n) is 2.84. The molecule has 0 fully saturated rings. The first kappa shape index (κ1) is 15.5. The molecule has 0 atom stereocenters. The lowest BCUT2D eigenvalue weighted by atomic mass is 10.0. The first-order valence-corrected chi connectivity index (χ1v) is 7.16. The van der Waals surface area contributed by atoms with Gasteiger partial charge in [-0.05, 0) is 37.8 Å². The molecule has 0 spiro atoms. The third kappa shape index (κ3) is 4.58. The summed E-state index contributed by atoms with van der Waals surface area (Å²) in [7, 11) is 0. The zero-order chi connectivity index (χ0) is 14.1. The molecule has 0 saturated carbocycles. The van der Waals surface area contributed by atoms with Crippen LogP contribution in [0.1, 0.15) is 56.0 Å². The van der Waals surface area contributed by atoms with E-state index in [4.69, 9.17) is 9.47 Å². The number of ether oxygens (including phenoxy) is 2. The zero-order valence-corrected chi connectivity index (χ0v) is 12.2. The van der Waals surface area contributed by atoms with Crippen LogP contribution in [0.2, 0.25) is 0 Å². The second kappa shape index (κ2) is 8.57. The van der Waals surface area contributed by atoms with Crippen LogP contribution < -0.4 is 4.74 Å². The van der Waals surface area contributed by atoms with Gasteiger partial charge in [0.25, 0.3) is 0 Å². The molecule has 0 heterocycles. The van der Waals surface area contributed by atoms with Gasteiger partial charge < -0.3 is 9.47 Å². The van der Waals surface area contributed by atoms with Crippen molar-refractivity contribution in [3.63, 3.8) is 0 Å². The Bertz CT molecular complexity index is 399. The van der Waals surface area contributed by atoms with Gasteiger partial charge in [-0.1, -0.05) is 32.4 Å². The van der Waals surface area contributed by atoms with Crippen molar-refractivity contribution >= 4 is 5.97 Å². The summed E-state index contributed by atoms with van der Waals surface area (Å²) >= 11 is 0. The first-order valence-electron chi connectivity index (χ1n) is 7.16. The Morgan fingerprint density at radius 2 is 1.95 bits per heavy atom.